The second-order valence-corrected chi connectivity index (χ2v) is 4.11. The molecule has 0 bridgehead atoms. The third-order valence-corrected chi connectivity index (χ3v) is 2.39. The normalized spacial score (nSPS) is 11.0. The van der Waals surface area contributed by atoms with Gasteiger partial charge in [0.15, 0.2) is 0 Å². The Morgan fingerprint density at radius 1 is 1.60 bits per heavy atom. The number of aryl methyl sites for hydroxylation is 1. The van der Waals surface area contributed by atoms with Crippen LogP contribution in [0.2, 0.25) is 5.15 Å². The summed E-state index contributed by atoms with van der Waals surface area (Å²) in [5, 5.41) is 15.1. The first kappa shape index (κ1) is 12.0. The predicted molar refractivity (Wildman–Crippen MR) is 58.1 cm³/mol. The molecule has 0 aliphatic rings. The smallest absolute Gasteiger partial charge is 0.258 e. The molecule has 0 N–H and O–H groups in total. The second-order valence-electron chi connectivity index (χ2n) is 3.76. The van der Waals surface area contributed by atoms with Crippen LogP contribution in [0.3, 0.4) is 0 Å². The molecule has 1 heterocycles. The van der Waals surface area contributed by atoms with E-state index in [1.54, 1.807) is 0 Å². The number of hydrogen-bond acceptors (Lipinski definition) is 3. The molecule has 0 aromatic carbocycles. The van der Waals surface area contributed by atoms with Crippen LogP contribution in [0, 0.1) is 16.0 Å². The molecule has 84 valence electrons. The van der Waals surface area contributed by atoms with Gasteiger partial charge in [-0.15, -0.1) is 0 Å². The summed E-state index contributed by atoms with van der Waals surface area (Å²) in [5.41, 5.74) is 0.425. The lowest BCUT2D eigenvalue weighted by atomic mass is 10.1. The first-order chi connectivity index (χ1) is 6.97. The van der Waals surface area contributed by atoms with Crippen LogP contribution < -0.4 is 0 Å². The minimum Gasteiger partial charge on any atom is -0.258 e. The standard InChI is InChI=1S/C9H14ClN3O2/c1-4-12-9(10)8(13(14)15)7(11-12)5-6(2)3/h6H,4-5H2,1-3H3. The summed E-state index contributed by atoms with van der Waals surface area (Å²) in [6.07, 6.45) is 0.572. The van der Waals surface area contributed by atoms with Gasteiger partial charge in [0.25, 0.3) is 0 Å². The van der Waals surface area contributed by atoms with E-state index in [2.05, 4.69) is 5.10 Å². The summed E-state index contributed by atoms with van der Waals surface area (Å²) in [5.74, 6) is 0.319. The minimum atomic E-state index is -0.459. The molecule has 0 amide bonds. The lowest BCUT2D eigenvalue weighted by Gasteiger charge is -1.99. The lowest BCUT2D eigenvalue weighted by Crippen LogP contribution is -2.00. The SMILES string of the molecule is CCn1nc(CC(C)C)c([N+](=O)[O-])c1Cl. The van der Waals surface area contributed by atoms with E-state index in [9.17, 15) is 10.1 Å². The maximum Gasteiger partial charge on any atom is 0.329 e. The van der Waals surface area contributed by atoms with Gasteiger partial charge in [-0.2, -0.15) is 5.10 Å². The van der Waals surface area contributed by atoms with E-state index < -0.39 is 4.92 Å². The molecule has 6 heteroatoms. The molecule has 0 atom stereocenters. The summed E-state index contributed by atoms with van der Waals surface area (Å²) in [7, 11) is 0. The predicted octanol–water partition coefficient (Wildman–Crippen LogP) is 2.66. The Bertz CT molecular complexity index is 374. The average molecular weight is 232 g/mol. The number of rotatable bonds is 4. The number of nitro groups is 1. The van der Waals surface area contributed by atoms with Crippen LogP contribution in [-0.2, 0) is 13.0 Å². The van der Waals surface area contributed by atoms with Gasteiger partial charge >= 0.3 is 5.69 Å². The fraction of sp³-hybridized carbons (Fsp3) is 0.667. The van der Waals surface area contributed by atoms with Gasteiger partial charge < -0.3 is 0 Å². The van der Waals surface area contributed by atoms with Crippen LogP contribution in [0.25, 0.3) is 0 Å². The Morgan fingerprint density at radius 3 is 2.60 bits per heavy atom. The topological polar surface area (TPSA) is 61.0 Å². The average Bonchev–Trinajstić information content (AvgIpc) is 2.41. The zero-order valence-electron chi connectivity index (χ0n) is 9.03. The molecular weight excluding hydrogens is 218 g/mol. The summed E-state index contributed by atoms with van der Waals surface area (Å²) in [6, 6.07) is 0. The Hall–Kier alpha value is -1.10. The van der Waals surface area contributed by atoms with Crippen molar-refractivity contribution in [2.75, 3.05) is 0 Å². The highest BCUT2D eigenvalue weighted by Gasteiger charge is 2.26. The third-order valence-electron chi connectivity index (χ3n) is 2.02. The summed E-state index contributed by atoms with van der Waals surface area (Å²) in [4.78, 5) is 10.4. The van der Waals surface area contributed by atoms with E-state index in [1.807, 2.05) is 20.8 Å². The van der Waals surface area contributed by atoms with E-state index in [0.717, 1.165) is 0 Å². The summed E-state index contributed by atoms with van der Waals surface area (Å²) < 4.78 is 1.46. The lowest BCUT2D eigenvalue weighted by molar-refractivity contribution is -0.385. The molecule has 0 unspecified atom stereocenters. The minimum absolute atomic E-state index is 0.0489. The van der Waals surface area contributed by atoms with Crippen molar-refractivity contribution < 1.29 is 4.92 Å². The van der Waals surface area contributed by atoms with Gasteiger partial charge in [-0.05, 0) is 12.8 Å². The maximum absolute atomic E-state index is 10.8. The van der Waals surface area contributed by atoms with Crippen LogP contribution in [0.15, 0.2) is 0 Å². The highest BCUT2D eigenvalue weighted by Crippen LogP contribution is 2.29. The Labute approximate surface area is 93.2 Å². The monoisotopic (exact) mass is 231 g/mol. The largest absolute Gasteiger partial charge is 0.329 e. The van der Waals surface area contributed by atoms with Gasteiger partial charge in [-0.3, -0.25) is 10.1 Å². The maximum atomic E-state index is 10.8. The number of aromatic nitrogens is 2. The summed E-state index contributed by atoms with van der Waals surface area (Å²) in [6.45, 7) is 6.37. The Kier molecular flexibility index (Phi) is 3.68. The van der Waals surface area contributed by atoms with Crippen molar-refractivity contribution in [3.8, 4) is 0 Å². The third kappa shape index (κ3) is 2.47. The van der Waals surface area contributed by atoms with E-state index in [1.165, 1.54) is 4.68 Å². The molecule has 0 aliphatic carbocycles. The molecule has 15 heavy (non-hydrogen) atoms. The van der Waals surface area contributed by atoms with Gasteiger partial charge in [-0.1, -0.05) is 25.4 Å². The van der Waals surface area contributed by atoms with Crippen molar-refractivity contribution in [3.63, 3.8) is 0 Å². The molecule has 5 nitrogen and oxygen atoms in total. The fourth-order valence-corrected chi connectivity index (χ4v) is 1.73. The molecule has 0 radical (unpaired) electrons. The van der Waals surface area contributed by atoms with Crippen molar-refractivity contribution >= 4 is 17.3 Å². The zero-order valence-corrected chi connectivity index (χ0v) is 9.78. The summed E-state index contributed by atoms with van der Waals surface area (Å²) >= 11 is 5.87. The van der Waals surface area contributed by atoms with Gasteiger partial charge in [0.1, 0.15) is 5.69 Å². The Morgan fingerprint density at radius 2 is 2.20 bits per heavy atom. The van der Waals surface area contributed by atoms with Crippen molar-refractivity contribution in [2.24, 2.45) is 5.92 Å². The van der Waals surface area contributed by atoms with Crippen LogP contribution >= 0.6 is 11.6 Å². The van der Waals surface area contributed by atoms with E-state index >= 15 is 0 Å². The van der Waals surface area contributed by atoms with Crippen LogP contribution in [0.4, 0.5) is 5.69 Å². The van der Waals surface area contributed by atoms with E-state index in [4.69, 9.17) is 11.6 Å². The van der Waals surface area contributed by atoms with Crippen LogP contribution in [0.5, 0.6) is 0 Å². The van der Waals surface area contributed by atoms with Crippen molar-refractivity contribution in [1.29, 1.82) is 0 Å². The molecule has 0 spiro atoms. The number of hydrogen-bond donors (Lipinski definition) is 0. The second kappa shape index (κ2) is 4.61. The number of halogens is 1. The first-order valence-electron chi connectivity index (χ1n) is 4.86. The van der Waals surface area contributed by atoms with E-state index in [-0.39, 0.29) is 10.8 Å². The molecule has 0 saturated carbocycles. The van der Waals surface area contributed by atoms with Gasteiger partial charge in [-0.25, -0.2) is 4.68 Å². The molecule has 1 rings (SSSR count). The molecule has 1 aromatic heterocycles. The first-order valence-corrected chi connectivity index (χ1v) is 5.24. The Balaban J connectivity index is 3.18. The van der Waals surface area contributed by atoms with Crippen LogP contribution in [0.1, 0.15) is 26.5 Å². The quantitative estimate of drug-likeness (QED) is 0.591. The molecule has 1 aromatic rings. The highest BCUT2D eigenvalue weighted by atomic mass is 35.5. The molecular formula is C9H14ClN3O2. The van der Waals surface area contributed by atoms with Gasteiger partial charge in [0.2, 0.25) is 5.15 Å². The van der Waals surface area contributed by atoms with Gasteiger partial charge in [0, 0.05) is 13.0 Å². The van der Waals surface area contributed by atoms with Crippen LogP contribution in [-0.4, -0.2) is 14.7 Å². The van der Waals surface area contributed by atoms with E-state index in [0.29, 0.717) is 24.6 Å². The fourth-order valence-electron chi connectivity index (χ4n) is 1.39. The molecule has 0 aliphatic heterocycles. The van der Waals surface area contributed by atoms with Crippen molar-refractivity contribution in [2.45, 2.75) is 33.7 Å². The highest BCUT2D eigenvalue weighted by molar-refractivity contribution is 6.31. The number of nitrogens with zero attached hydrogens (tertiary/aromatic N) is 3. The zero-order chi connectivity index (χ0) is 11.6. The van der Waals surface area contributed by atoms with Crippen molar-refractivity contribution in [3.05, 3.63) is 21.0 Å². The molecule has 0 saturated heterocycles. The molecule has 0 fully saturated rings. The van der Waals surface area contributed by atoms with Gasteiger partial charge in [0.05, 0.1) is 4.92 Å². The van der Waals surface area contributed by atoms with Crippen molar-refractivity contribution in [1.82, 2.24) is 9.78 Å².